The molecule has 3 heterocycles. The molecule has 3 nitrogen and oxygen atoms in total. The van der Waals surface area contributed by atoms with E-state index in [1.54, 1.807) is 0 Å². The van der Waals surface area contributed by atoms with Gasteiger partial charge in [-0.15, -0.1) is 0 Å². The van der Waals surface area contributed by atoms with Gasteiger partial charge in [-0.1, -0.05) is 159 Å². The summed E-state index contributed by atoms with van der Waals surface area (Å²) < 4.78 is 4.84. The number of benzene rings is 9. The third-order valence-corrected chi connectivity index (χ3v) is 13.9. The summed E-state index contributed by atoms with van der Waals surface area (Å²) in [5.41, 5.74) is 21.2. The van der Waals surface area contributed by atoms with Crippen LogP contribution in [0.2, 0.25) is 0 Å². The van der Waals surface area contributed by atoms with Crippen LogP contribution < -0.4 is 0 Å². The Morgan fingerprint density at radius 1 is 0.308 bits per heavy atom. The van der Waals surface area contributed by atoms with Crippen LogP contribution >= 0.6 is 0 Å². The number of pyridine rings is 1. The highest BCUT2D eigenvalue weighted by atomic mass is 15.0. The molecule has 9 aromatic carbocycles. The smallest absolute Gasteiger partial charge is 0.0715 e. The second-order valence-corrected chi connectivity index (χ2v) is 18.0. The van der Waals surface area contributed by atoms with Gasteiger partial charge in [-0.05, 0) is 123 Å². The molecule has 0 amide bonds. The molecule has 0 unspecified atom stereocenters. The van der Waals surface area contributed by atoms with Crippen LogP contribution in [0.1, 0.15) is 25.0 Å². The second-order valence-electron chi connectivity index (χ2n) is 18.0. The van der Waals surface area contributed by atoms with Crippen molar-refractivity contribution in [3.8, 4) is 67.3 Å². The van der Waals surface area contributed by atoms with Crippen molar-refractivity contribution in [3.05, 3.63) is 236 Å². The van der Waals surface area contributed by atoms with E-state index in [1.165, 1.54) is 93.9 Å². The van der Waals surface area contributed by atoms with Crippen LogP contribution in [0.4, 0.5) is 0 Å². The third kappa shape index (κ3) is 5.86. The van der Waals surface area contributed by atoms with Gasteiger partial charge in [-0.25, -0.2) is 4.98 Å². The Kier molecular flexibility index (Phi) is 8.25. The monoisotopic (exact) mass is 829 g/mol. The van der Waals surface area contributed by atoms with E-state index in [4.69, 9.17) is 4.98 Å². The summed E-state index contributed by atoms with van der Waals surface area (Å²) in [7, 11) is 0. The molecule has 306 valence electrons. The average Bonchev–Trinajstić information content (AvgIpc) is 3.96. The molecule has 1 aliphatic rings. The predicted octanol–water partition coefficient (Wildman–Crippen LogP) is 16.3. The van der Waals surface area contributed by atoms with Gasteiger partial charge in [0.1, 0.15) is 0 Å². The topological polar surface area (TPSA) is 22.8 Å². The lowest BCUT2D eigenvalue weighted by Gasteiger charge is -2.23. The fourth-order valence-corrected chi connectivity index (χ4v) is 10.7. The van der Waals surface area contributed by atoms with Crippen molar-refractivity contribution in [3.63, 3.8) is 0 Å². The van der Waals surface area contributed by atoms with E-state index in [2.05, 4.69) is 247 Å². The van der Waals surface area contributed by atoms with Gasteiger partial charge in [-0.3, -0.25) is 0 Å². The van der Waals surface area contributed by atoms with E-state index in [0.29, 0.717) is 0 Å². The second kappa shape index (κ2) is 14.4. The van der Waals surface area contributed by atoms with Crippen molar-refractivity contribution in [2.24, 2.45) is 0 Å². The molecule has 3 aromatic heterocycles. The van der Waals surface area contributed by atoms with Crippen molar-refractivity contribution in [1.82, 2.24) is 14.1 Å². The van der Waals surface area contributed by atoms with Crippen molar-refractivity contribution >= 4 is 43.6 Å². The Hall–Kier alpha value is -8.27. The van der Waals surface area contributed by atoms with Crippen molar-refractivity contribution < 1.29 is 0 Å². The Morgan fingerprint density at radius 2 is 0.738 bits per heavy atom. The molecule has 1 aliphatic carbocycles. The Morgan fingerprint density at radius 3 is 1.31 bits per heavy atom. The molecule has 0 N–H and O–H groups in total. The van der Waals surface area contributed by atoms with E-state index in [1.807, 2.05) is 0 Å². The molecule has 13 rings (SSSR count). The molecule has 12 aromatic rings. The highest BCUT2D eigenvalue weighted by molar-refractivity contribution is 6.12. The molecule has 0 saturated heterocycles. The van der Waals surface area contributed by atoms with Crippen LogP contribution in [0, 0.1) is 0 Å². The summed E-state index contributed by atoms with van der Waals surface area (Å²) >= 11 is 0. The van der Waals surface area contributed by atoms with Crippen molar-refractivity contribution in [2.75, 3.05) is 0 Å². The number of hydrogen-bond donors (Lipinski definition) is 0. The lowest BCUT2D eigenvalue weighted by Crippen LogP contribution is -2.15. The molecule has 0 aliphatic heterocycles. The van der Waals surface area contributed by atoms with E-state index < -0.39 is 0 Å². The summed E-state index contributed by atoms with van der Waals surface area (Å²) in [4.78, 5) is 5.16. The highest BCUT2D eigenvalue weighted by Crippen LogP contribution is 2.51. The minimum Gasteiger partial charge on any atom is -0.309 e. The molecular weight excluding hydrogens is 787 g/mol. The Balaban J connectivity index is 0.900. The summed E-state index contributed by atoms with van der Waals surface area (Å²) in [6.07, 6.45) is 0. The van der Waals surface area contributed by atoms with E-state index in [9.17, 15) is 0 Å². The predicted molar refractivity (Wildman–Crippen MR) is 272 cm³/mol. The molecule has 0 bridgehead atoms. The quantitative estimate of drug-likeness (QED) is 0.164. The maximum atomic E-state index is 5.16. The van der Waals surface area contributed by atoms with E-state index >= 15 is 0 Å². The van der Waals surface area contributed by atoms with Crippen LogP contribution in [0.5, 0.6) is 0 Å². The normalized spacial score (nSPS) is 12.9. The zero-order valence-corrected chi connectivity index (χ0v) is 36.2. The molecule has 0 fully saturated rings. The lowest BCUT2D eigenvalue weighted by atomic mass is 9.81. The molecule has 65 heavy (non-hydrogen) atoms. The molecule has 0 radical (unpaired) electrons. The minimum atomic E-state index is -0.220. The van der Waals surface area contributed by atoms with Gasteiger partial charge in [0.05, 0.1) is 33.5 Å². The van der Waals surface area contributed by atoms with Crippen LogP contribution in [0.3, 0.4) is 0 Å². The summed E-state index contributed by atoms with van der Waals surface area (Å²) in [5, 5.41) is 5.02. The van der Waals surface area contributed by atoms with Crippen molar-refractivity contribution in [1.29, 1.82) is 0 Å². The van der Waals surface area contributed by atoms with Crippen LogP contribution in [-0.2, 0) is 5.41 Å². The largest absolute Gasteiger partial charge is 0.309 e. The van der Waals surface area contributed by atoms with Gasteiger partial charge >= 0.3 is 0 Å². The zero-order chi connectivity index (χ0) is 43.2. The van der Waals surface area contributed by atoms with Crippen LogP contribution in [-0.4, -0.2) is 14.1 Å². The van der Waals surface area contributed by atoms with Gasteiger partial charge in [0.2, 0.25) is 0 Å². The number of para-hydroxylation sites is 3. The maximum Gasteiger partial charge on any atom is 0.0715 e. The fourth-order valence-electron chi connectivity index (χ4n) is 10.7. The fraction of sp³-hybridized carbons (Fsp3) is 0.0484. The number of rotatable bonds is 6. The lowest BCUT2D eigenvalue weighted by molar-refractivity contribution is 0.660. The standard InChI is InChI=1S/C62H43N3/c1-62(2)54-36-44(45-37-56(40-16-6-3-7-17-40)63-57(38-45)41-18-8-4-9-19-41)26-30-48(54)49-31-29-47(39-55(49)62)65-59-25-15-13-23-51(59)53-35-43(28-33-61(53)65)42-27-32-60-52(34-42)50-22-12-14-24-58(50)64(60)46-20-10-5-11-21-46/h3-39H,1-2H3. The van der Waals surface area contributed by atoms with Gasteiger partial charge in [0, 0.05) is 49.5 Å². The first-order valence-corrected chi connectivity index (χ1v) is 22.5. The highest BCUT2D eigenvalue weighted by Gasteiger charge is 2.36. The molecule has 0 saturated carbocycles. The van der Waals surface area contributed by atoms with Crippen molar-refractivity contribution in [2.45, 2.75) is 19.3 Å². The first kappa shape index (κ1) is 37.3. The van der Waals surface area contributed by atoms with E-state index in [-0.39, 0.29) is 5.41 Å². The third-order valence-electron chi connectivity index (χ3n) is 13.9. The minimum absolute atomic E-state index is 0.220. The van der Waals surface area contributed by atoms with Gasteiger partial charge in [0.25, 0.3) is 0 Å². The number of fused-ring (bicyclic) bond motifs is 9. The average molecular weight is 830 g/mol. The molecule has 0 spiro atoms. The Labute approximate surface area is 378 Å². The maximum absolute atomic E-state index is 5.16. The van der Waals surface area contributed by atoms with Gasteiger partial charge < -0.3 is 9.13 Å². The van der Waals surface area contributed by atoms with E-state index in [0.717, 1.165) is 28.1 Å². The number of hydrogen-bond acceptors (Lipinski definition) is 1. The van der Waals surface area contributed by atoms with Gasteiger partial charge in [0.15, 0.2) is 0 Å². The summed E-state index contributed by atoms with van der Waals surface area (Å²) in [6.45, 7) is 4.77. The summed E-state index contributed by atoms with van der Waals surface area (Å²) in [5.74, 6) is 0. The Bertz CT molecular complexity index is 3780. The first-order valence-electron chi connectivity index (χ1n) is 22.5. The molecular formula is C62H43N3. The van der Waals surface area contributed by atoms with Crippen LogP contribution in [0.15, 0.2) is 224 Å². The number of aromatic nitrogens is 3. The van der Waals surface area contributed by atoms with Crippen LogP contribution in [0.25, 0.3) is 111 Å². The number of nitrogens with zero attached hydrogens (tertiary/aromatic N) is 3. The summed E-state index contributed by atoms with van der Waals surface area (Å²) in [6, 6.07) is 81.9. The molecule has 0 atom stereocenters. The SMILES string of the molecule is CC1(C)c2cc(-c3cc(-c4ccccc4)nc(-c4ccccc4)c3)ccc2-c2ccc(-n3c4ccccc4c4cc(-c5ccc6c(c5)c5ccccc5n6-c5ccccc5)ccc43)cc21. The first-order chi connectivity index (χ1) is 32.0. The zero-order valence-electron chi connectivity index (χ0n) is 36.2. The van der Waals surface area contributed by atoms with Gasteiger partial charge in [-0.2, -0.15) is 0 Å². The molecule has 3 heteroatoms.